The van der Waals surface area contributed by atoms with Gasteiger partial charge in [-0.3, -0.25) is 15.2 Å². The quantitative estimate of drug-likeness (QED) is 0.213. The van der Waals surface area contributed by atoms with Crippen molar-refractivity contribution >= 4 is 35.0 Å². The first-order valence-electron chi connectivity index (χ1n) is 11.8. The summed E-state index contributed by atoms with van der Waals surface area (Å²) in [6.07, 6.45) is 1.88. The minimum absolute atomic E-state index is 0.0995. The van der Waals surface area contributed by atoms with Gasteiger partial charge in [0.05, 0.1) is 11.2 Å². The van der Waals surface area contributed by atoms with Crippen molar-refractivity contribution in [3.05, 3.63) is 76.8 Å². The van der Waals surface area contributed by atoms with E-state index in [9.17, 15) is 4.79 Å². The Kier molecular flexibility index (Phi) is 9.47. The number of aromatic nitrogens is 2. The van der Waals surface area contributed by atoms with Crippen LogP contribution in [-0.2, 0) is 11.2 Å². The van der Waals surface area contributed by atoms with Crippen LogP contribution in [0.1, 0.15) is 50.7 Å². The van der Waals surface area contributed by atoms with Crippen LogP contribution in [0, 0.1) is 0 Å². The molecule has 1 heterocycles. The number of aryl methyl sites for hydroxylation is 1. The molecule has 188 valence electrons. The van der Waals surface area contributed by atoms with E-state index in [1.165, 1.54) is 16.4 Å². The van der Waals surface area contributed by atoms with E-state index in [0.717, 1.165) is 52.9 Å². The van der Waals surface area contributed by atoms with E-state index in [0.29, 0.717) is 10.9 Å². The molecule has 4 rings (SSSR count). The molecule has 0 saturated carbocycles. The molecule has 0 radical (unpaired) electrons. The van der Waals surface area contributed by atoms with Gasteiger partial charge in [0.2, 0.25) is 6.41 Å². The van der Waals surface area contributed by atoms with Gasteiger partial charge in [0.1, 0.15) is 11.5 Å². The van der Waals surface area contributed by atoms with Gasteiger partial charge in [-0.2, -0.15) is 5.10 Å². The number of hydrogen-bond acceptors (Lipinski definition) is 4. The molecule has 8 heteroatoms. The highest BCUT2D eigenvalue weighted by Gasteiger charge is 2.13. The van der Waals surface area contributed by atoms with E-state index in [4.69, 9.17) is 26.2 Å². The van der Waals surface area contributed by atoms with Crippen LogP contribution in [-0.4, -0.2) is 27.8 Å². The van der Waals surface area contributed by atoms with Gasteiger partial charge < -0.3 is 9.84 Å². The predicted molar refractivity (Wildman–Crippen MR) is 143 cm³/mol. The fourth-order valence-corrected chi connectivity index (χ4v) is 3.97. The lowest BCUT2D eigenvalue weighted by Gasteiger charge is -2.15. The summed E-state index contributed by atoms with van der Waals surface area (Å²) < 4.78 is 6.33. The van der Waals surface area contributed by atoms with Gasteiger partial charge in [0.25, 0.3) is 0 Å². The second-order valence-corrected chi connectivity index (χ2v) is 8.82. The first-order chi connectivity index (χ1) is 17.4. The van der Waals surface area contributed by atoms with Crippen LogP contribution in [0.25, 0.3) is 22.2 Å². The van der Waals surface area contributed by atoms with Gasteiger partial charge in [-0.15, -0.1) is 0 Å². The number of halogens is 1. The van der Waals surface area contributed by atoms with E-state index in [1.807, 2.05) is 24.3 Å². The standard InChI is InChI=1S/C26H27ClN2O.C2H3NO3/c1-4-7-19-14-20(26-23-12-11-21(27)16-24(23)28-29-26)10-13-25(19)30-22-9-6-8-18(15-22)17(3)5-2;4-1-3-2(5)6/h6,8-17H,4-5,7H2,1-3H3,(H,28,29);1H,(H,3,4)(H,5,6). The molecule has 0 spiro atoms. The number of imide groups is 1. The summed E-state index contributed by atoms with van der Waals surface area (Å²) in [5.74, 6) is 2.31. The zero-order valence-corrected chi connectivity index (χ0v) is 21.3. The van der Waals surface area contributed by atoms with Crippen molar-refractivity contribution < 1.29 is 19.4 Å². The largest absolute Gasteiger partial charge is 0.465 e. The highest BCUT2D eigenvalue weighted by atomic mass is 35.5. The Bertz CT molecular complexity index is 1340. The molecule has 3 N–H and O–H groups in total. The topological polar surface area (TPSA) is 104 Å². The van der Waals surface area contributed by atoms with Gasteiger partial charge in [-0.05, 0) is 78.4 Å². The molecule has 1 aromatic heterocycles. The molecule has 0 saturated heterocycles. The number of carbonyl (C=O) groups excluding carboxylic acids is 1. The number of aromatic amines is 1. The minimum Gasteiger partial charge on any atom is -0.465 e. The first-order valence-corrected chi connectivity index (χ1v) is 12.2. The van der Waals surface area contributed by atoms with Gasteiger partial charge in [-0.25, -0.2) is 4.79 Å². The highest BCUT2D eigenvalue weighted by Crippen LogP contribution is 2.34. The van der Waals surface area contributed by atoms with Crippen LogP contribution < -0.4 is 10.1 Å². The molecule has 0 bridgehead atoms. The van der Waals surface area contributed by atoms with Crippen LogP contribution in [0.5, 0.6) is 11.5 Å². The van der Waals surface area contributed by atoms with Crippen molar-refractivity contribution in [2.24, 2.45) is 0 Å². The van der Waals surface area contributed by atoms with Gasteiger partial charge >= 0.3 is 6.09 Å². The minimum atomic E-state index is -1.33. The molecule has 0 aliphatic heterocycles. The SMILES string of the molecule is CCCc1cc(-c2n[nH]c3cc(Cl)ccc23)ccc1Oc1cccc(C(C)CC)c1.O=CNC(=O)O. The normalized spacial score (nSPS) is 11.3. The molecule has 0 aliphatic rings. The number of hydrogen-bond donors (Lipinski definition) is 3. The van der Waals surface area contributed by atoms with Crippen LogP contribution >= 0.6 is 11.6 Å². The second-order valence-electron chi connectivity index (χ2n) is 8.39. The molecule has 36 heavy (non-hydrogen) atoms. The van der Waals surface area contributed by atoms with Crippen molar-refractivity contribution in [2.75, 3.05) is 0 Å². The Morgan fingerprint density at radius 3 is 2.64 bits per heavy atom. The average molecular weight is 508 g/mol. The Morgan fingerprint density at radius 1 is 1.17 bits per heavy atom. The molecule has 0 fully saturated rings. The average Bonchev–Trinajstić information content (AvgIpc) is 3.28. The number of fused-ring (bicyclic) bond motifs is 1. The first kappa shape index (κ1) is 26.8. The second kappa shape index (κ2) is 12.7. The molecular weight excluding hydrogens is 478 g/mol. The Labute approximate surface area is 215 Å². The zero-order valence-electron chi connectivity index (χ0n) is 20.5. The number of nitrogens with zero attached hydrogens (tertiary/aromatic N) is 1. The van der Waals surface area contributed by atoms with E-state index in [1.54, 1.807) is 0 Å². The summed E-state index contributed by atoms with van der Waals surface area (Å²) in [5, 5.41) is 18.4. The smallest absolute Gasteiger partial charge is 0.411 e. The number of H-pyrrole nitrogens is 1. The maximum atomic E-state index is 9.26. The molecule has 1 unspecified atom stereocenters. The molecule has 0 aliphatic carbocycles. The molecule has 4 aromatic rings. The number of amides is 2. The van der Waals surface area contributed by atoms with Crippen LogP contribution in [0.3, 0.4) is 0 Å². The van der Waals surface area contributed by atoms with E-state index in [2.05, 4.69) is 67.4 Å². The number of ether oxygens (including phenoxy) is 1. The van der Waals surface area contributed by atoms with Crippen LogP contribution in [0.4, 0.5) is 4.79 Å². The van der Waals surface area contributed by atoms with Crippen molar-refractivity contribution in [1.82, 2.24) is 15.5 Å². The fraction of sp³-hybridized carbons (Fsp3) is 0.250. The Morgan fingerprint density at radius 2 is 1.97 bits per heavy atom. The lowest BCUT2D eigenvalue weighted by atomic mass is 9.98. The number of rotatable bonds is 8. The summed E-state index contributed by atoms with van der Waals surface area (Å²) in [7, 11) is 0. The van der Waals surface area contributed by atoms with Crippen LogP contribution in [0.2, 0.25) is 5.02 Å². The number of nitrogens with one attached hydrogen (secondary N) is 2. The lowest BCUT2D eigenvalue weighted by Crippen LogP contribution is -2.17. The summed E-state index contributed by atoms with van der Waals surface area (Å²) in [6.45, 7) is 6.65. The number of benzene rings is 3. The van der Waals surface area contributed by atoms with E-state index >= 15 is 0 Å². The number of carbonyl (C=O) groups is 2. The Hall–Kier alpha value is -3.84. The predicted octanol–water partition coefficient (Wildman–Crippen LogP) is 7.55. The zero-order chi connectivity index (χ0) is 26.1. The molecule has 2 amide bonds. The maximum Gasteiger partial charge on any atom is 0.411 e. The van der Waals surface area contributed by atoms with Crippen molar-refractivity contribution in [3.63, 3.8) is 0 Å². The molecular formula is C28H30ClN3O4. The third-order valence-corrected chi connectivity index (χ3v) is 6.06. The lowest BCUT2D eigenvalue weighted by molar-refractivity contribution is -0.108. The van der Waals surface area contributed by atoms with Gasteiger partial charge in [0, 0.05) is 16.0 Å². The third-order valence-electron chi connectivity index (χ3n) is 5.83. The monoisotopic (exact) mass is 507 g/mol. The van der Waals surface area contributed by atoms with Gasteiger partial charge in [0.15, 0.2) is 0 Å². The number of carboxylic acid groups (broad SMARTS) is 1. The Balaban J connectivity index is 0.000000538. The third kappa shape index (κ3) is 6.86. The summed E-state index contributed by atoms with van der Waals surface area (Å²) >= 11 is 6.11. The van der Waals surface area contributed by atoms with Crippen molar-refractivity contribution in [2.45, 2.75) is 46.0 Å². The summed E-state index contributed by atoms with van der Waals surface area (Å²) in [6, 6.07) is 20.6. The highest BCUT2D eigenvalue weighted by molar-refractivity contribution is 6.31. The molecule has 1 atom stereocenters. The fourth-order valence-electron chi connectivity index (χ4n) is 3.80. The van der Waals surface area contributed by atoms with Gasteiger partial charge in [-0.1, -0.05) is 50.9 Å². The van der Waals surface area contributed by atoms with E-state index < -0.39 is 6.09 Å². The maximum absolute atomic E-state index is 9.26. The summed E-state index contributed by atoms with van der Waals surface area (Å²) in [5.41, 5.74) is 5.45. The van der Waals surface area contributed by atoms with Crippen molar-refractivity contribution in [3.8, 4) is 22.8 Å². The van der Waals surface area contributed by atoms with E-state index in [-0.39, 0.29) is 6.41 Å². The van der Waals surface area contributed by atoms with Crippen LogP contribution in [0.15, 0.2) is 60.7 Å². The summed E-state index contributed by atoms with van der Waals surface area (Å²) in [4.78, 5) is 18.4. The van der Waals surface area contributed by atoms with Crippen molar-refractivity contribution in [1.29, 1.82) is 0 Å². The molecule has 7 nitrogen and oxygen atoms in total. The molecule has 3 aromatic carbocycles.